The molecule has 0 spiro atoms. The molecular formula is C28H49NO5. The second-order valence-corrected chi connectivity index (χ2v) is 12.7. The molecule has 4 N–H and O–H groups in total. The first-order valence-electron chi connectivity index (χ1n) is 14.0. The Kier molecular flexibility index (Phi) is 8.03. The summed E-state index contributed by atoms with van der Waals surface area (Å²) in [5.74, 6) is 2.27. The molecule has 0 bridgehead atoms. The highest BCUT2D eigenvalue weighted by Gasteiger charge is 2.65. The molecule has 0 aromatic rings. The molecule has 4 saturated carbocycles. The monoisotopic (exact) mass is 479 g/mol. The van der Waals surface area contributed by atoms with Gasteiger partial charge in [-0.2, -0.15) is 0 Å². The van der Waals surface area contributed by atoms with E-state index in [4.69, 9.17) is 0 Å². The molecular weight excluding hydrogens is 430 g/mol. The molecule has 0 aromatic carbocycles. The summed E-state index contributed by atoms with van der Waals surface area (Å²) in [4.78, 5) is 14.2. The van der Waals surface area contributed by atoms with Crippen LogP contribution < -0.4 is 0 Å². The number of rotatable bonds is 8. The van der Waals surface area contributed by atoms with Crippen molar-refractivity contribution in [2.45, 2.75) is 97.2 Å². The second-order valence-electron chi connectivity index (χ2n) is 12.7. The largest absolute Gasteiger partial charge is 0.395 e. The summed E-state index contributed by atoms with van der Waals surface area (Å²) in [6.45, 7) is 7.29. The van der Waals surface area contributed by atoms with Crippen LogP contribution >= 0.6 is 0 Å². The zero-order chi connectivity index (χ0) is 24.7. The fraction of sp³-hybridized carbons (Fsp3) is 0.964. The predicted octanol–water partition coefficient (Wildman–Crippen LogP) is 3.21. The standard InChI is InChI=1S/C28H49NO5/c1-18(7-10-25(34)29(12-14-30)13-15-31)20-8-9-21-26-22(17-24(33)28(20,21)3)27(2)11-5-4-6-19(27)16-23(26)32/h18-24,26,30-33H,4-17H2,1-3H3. The Morgan fingerprint density at radius 1 is 1.00 bits per heavy atom. The van der Waals surface area contributed by atoms with Gasteiger partial charge < -0.3 is 25.3 Å². The van der Waals surface area contributed by atoms with E-state index in [9.17, 15) is 25.2 Å². The minimum atomic E-state index is -0.352. The molecule has 6 nitrogen and oxygen atoms in total. The van der Waals surface area contributed by atoms with Crippen LogP contribution in [0.4, 0.5) is 0 Å². The molecule has 0 aromatic heterocycles. The fourth-order valence-corrected chi connectivity index (χ4v) is 9.50. The summed E-state index contributed by atoms with van der Waals surface area (Å²) in [7, 11) is 0. The van der Waals surface area contributed by atoms with Crippen LogP contribution in [0.2, 0.25) is 0 Å². The fourth-order valence-electron chi connectivity index (χ4n) is 9.50. The third kappa shape index (κ3) is 4.35. The van der Waals surface area contributed by atoms with Crippen molar-refractivity contribution >= 4 is 5.91 Å². The van der Waals surface area contributed by atoms with E-state index in [1.54, 1.807) is 4.90 Å². The highest BCUT2D eigenvalue weighted by molar-refractivity contribution is 5.76. The third-order valence-corrected chi connectivity index (χ3v) is 11.4. The molecule has 0 saturated heterocycles. The molecule has 0 heterocycles. The minimum absolute atomic E-state index is 0.0159. The van der Waals surface area contributed by atoms with Crippen LogP contribution in [0.15, 0.2) is 0 Å². The van der Waals surface area contributed by atoms with E-state index in [0.717, 1.165) is 32.1 Å². The lowest BCUT2D eigenvalue weighted by molar-refractivity contribution is -0.201. The van der Waals surface area contributed by atoms with E-state index in [0.29, 0.717) is 36.0 Å². The Morgan fingerprint density at radius 3 is 2.38 bits per heavy atom. The molecule has 1 amide bonds. The Balaban J connectivity index is 1.48. The van der Waals surface area contributed by atoms with E-state index in [1.807, 2.05) is 0 Å². The first-order chi connectivity index (χ1) is 16.2. The van der Waals surface area contributed by atoms with Crippen molar-refractivity contribution < 1.29 is 25.2 Å². The predicted molar refractivity (Wildman–Crippen MR) is 132 cm³/mol. The van der Waals surface area contributed by atoms with E-state index >= 15 is 0 Å². The number of aliphatic hydroxyl groups excluding tert-OH is 4. The van der Waals surface area contributed by atoms with Gasteiger partial charge in [0.1, 0.15) is 0 Å². The summed E-state index contributed by atoms with van der Waals surface area (Å²) in [5, 5.41) is 41.6. The molecule has 196 valence electrons. The van der Waals surface area contributed by atoms with Crippen LogP contribution in [0.5, 0.6) is 0 Å². The zero-order valence-electron chi connectivity index (χ0n) is 21.7. The second kappa shape index (κ2) is 10.4. The van der Waals surface area contributed by atoms with Crippen LogP contribution in [-0.2, 0) is 4.79 Å². The first kappa shape index (κ1) is 26.4. The maximum Gasteiger partial charge on any atom is 0.222 e. The Morgan fingerprint density at radius 2 is 1.71 bits per heavy atom. The average molecular weight is 480 g/mol. The molecule has 4 aliphatic carbocycles. The first-order valence-corrected chi connectivity index (χ1v) is 14.0. The van der Waals surface area contributed by atoms with Crippen molar-refractivity contribution in [2.75, 3.05) is 26.3 Å². The van der Waals surface area contributed by atoms with Gasteiger partial charge in [0.15, 0.2) is 0 Å². The van der Waals surface area contributed by atoms with E-state index in [2.05, 4.69) is 20.8 Å². The normalized spacial score (nSPS) is 44.6. The van der Waals surface area contributed by atoms with E-state index < -0.39 is 0 Å². The maximum absolute atomic E-state index is 12.7. The number of amides is 1. The van der Waals surface area contributed by atoms with Crippen molar-refractivity contribution in [3.8, 4) is 0 Å². The van der Waals surface area contributed by atoms with Gasteiger partial charge in [-0.1, -0.05) is 33.6 Å². The van der Waals surface area contributed by atoms with Gasteiger partial charge in [-0.05, 0) is 91.3 Å². The van der Waals surface area contributed by atoms with Crippen LogP contribution in [0.3, 0.4) is 0 Å². The maximum atomic E-state index is 12.7. The lowest BCUT2D eigenvalue weighted by atomic mass is 9.43. The molecule has 10 atom stereocenters. The number of carbonyl (C=O) groups is 1. The number of hydrogen-bond acceptors (Lipinski definition) is 5. The number of carbonyl (C=O) groups excluding carboxylic acids is 1. The summed E-state index contributed by atoms with van der Waals surface area (Å²) in [6, 6.07) is 0. The summed E-state index contributed by atoms with van der Waals surface area (Å²) in [5.41, 5.74) is 0.0435. The highest BCUT2D eigenvalue weighted by Crippen LogP contribution is 2.68. The van der Waals surface area contributed by atoms with Crippen molar-refractivity contribution in [2.24, 2.45) is 46.3 Å². The zero-order valence-corrected chi connectivity index (χ0v) is 21.7. The SMILES string of the molecule is CC(CCC(=O)N(CCO)CCO)C1CCC2C3C(O)CC4CCCCC4(C)C3CC(O)C12C. The van der Waals surface area contributed by atoms with E-state index in [1.165, 1.54) is 25.7 Å². The van der Waals surface area contributed by atoms with Crippen LogP contribution in [-0.4, -0.2) is 69.7 Å². The smallest absolute Gasteiger partial charge is 0.222 e. The summed E-state index contributed by atoms with van der Waals surface area (Å²) in [6.07, 6.45) is 9.44. The van der Waals surface area contributed by atoms with Gasteiger partial charge in [0, 0.05) is 19.5 Å². The number of fused-ring (bicyclic) bond motifs is 5. The number of hydrogen-bond donors (Lipinski definition) is 4. The lowest BCUT2D eigenvalue weighted by Crippen LogP contribution is -2.61. The van der Waals surface area contributed by atoms with Crippen LogP contribution in [0, 0.1) is 46.3 Å². The van der Waals surface area contributed by atoms with Gasteiger partial charge in [0.05, 0.1) is 25.4 Å². The Hall–Kier alpha value is -0.690. The molecule has 6 heteroatoms. The topological polar surface area (TPSA) is 101 Å². The van der Waals surface area contributed by atoms with Gasteiger partial charge in [0.2, 0.25) is 5.91 Å². The van der Waals surface area contributed by atoms with E-state index in [-0.39, 0.29) is 61.2 Å². The Labute approximate surface area is 206 Å². The van der Waals surface area contributed by atoms with Crippen LogP contribution in [0.1, 0.15) is 85.0 Å². The van der Waals surface area contributed by atoms with Gasteiger partial charge in [-0.25, -0.2) is 0 Å². The minimum Gasteiger partial charge on any atom is -0.395 e. The van der Waals surface area contributed by atoms with Gasteiger partial charge >= 0.3 is 0 Å². The molecule has 4 fully saturated rings. The molecule has 4 aliphatic rings. The van der Waals surface area contributed by atoms with Crippen molar-refractivity contribution in [3.63, 3.8) is 0 Å². The highest BCUT2D eigenvalue weighted by atomic mass is 16.3. The third-order valence-electron chi connectivity index (χ3n) is 11.4. The van der Waals surface area contributed by atoms with Gasteiger partial charge in [-0.3, -0.25) is 4.79 Å². The Bertz CT molecular complexity index is 711. The number of nitrogens with zero attached hydrogens (tertiary/aromatic N) is 1. The van der Waals surface area contributed by atoms with Crippen molar-refractivity contribution in [3.05, 3.63) is 0 Å². The van der Waals surface area contributed by atoms with Gasteiger partial charge in [-0.15, -0.1) is 0 Å². The van der Waals surface area contributed by atoms with Crippen LogP contribution in [0.25, 0.3) is 0 Å². The molecule has 34 heavy (non-hydrogen) atoms. The lowest BCUT2D eigenvalue weighted by Gasteiger charge is -2.63. The quantitative estimate of drug-likeness (QED) is 0.428. The molecule has 0 aliphatic heterocycles. The van der Waals surface area contributed by atoms with Crippen molar-refractivity contribution in [1.29, 1.82) is 0 Å². The van der Waals surface area contributed by atoms with Crippen molar-refractivity contribution in [1.82, 2.24) is 4.90 Å². The van der Waals surface area contributed by atoms with Gasteiger partial charge in [0.25, 0.3) is 0 Å². The number of aliphatic hydroxyl groups is 4. The average Bonchev–Trinajstić information content (AvgIpc) is 3.16. The molecule has 4 rings (SSSR count). The summed E-state index contributed by atoms with van der Waals surface area (Å²) >= 11 is 0. The molecule has 0 radical (unpaired) electrons. The summed E-state index contributed by atoms with van der Waals surface area (Å²) < 4.78 is 0. The molecule has 10 unspecified atom stereocenters.